The van der Waals surface area contributed by atoms with Crippen molar-refractivity contribution >= 4 is 11.6 Å². The van der Waals surface area contributed by atoms with Crippen molar-refractivity contribution in [1.82, 2.24) is 5.32 Å². The Morgan fingerprint density at radius 1 is 1.10 bits per heavy atom. The second-order valence-electron chi connectivity index (χ2n) is 5.02. The van der Waals surface area contributed by atoms with Crippen molar-refractivity contribution in [3.8, 4) is 0 Å². The zero-order valence-corrected chi connectivity index (χ0v) is 12.8. The first-order chi connectivity index (χ1) is 9.52. The molecular weight excluding hydrogens is 273 g/mol. The molecule has 0 bridgehead atoms. The van der Waals surface area contributed by atoms with Crippen LogP contribution in [0.2, 0.25) is 5.02 Å². The number of hydrogen-bond donors (Lipinski definition) is 1. The van der Waals surface area contributed by atoms with Crippen molar-refractivity contribution in [3.05, 3.63) is 69.5 Å². The minimum atomic E-state index is -0.311. The maximum absolute atomic E-state index is 13.2. The maximum Gasteiger partial charge on any atom is 0.124 e. The lowest BCUT2D eigenvalue weighted by Crippen LogP contribution is -2.23. The Kier molecular flexibility index (Phi) is 4.79. The van der Waals surface area contributed by atoms with Gasteiger partial charge in [-0.1, -0.05) is 48.4 Å². The van der Waals surface area contributed by atoms with Crippen LogP contribution in [0.4, 0.5) is 4.39 Å². The van der Waals surface area contributed by atoms with E-state index in [0.717, 1.165) is 12.1 Å². The topological polar surface area (TPSA) is 12.0 Å². The fourth-order valence-electron chi connectivity index (χ4n) is 2.48. The summed E-state index contributed by atoms with van der Waals surface area (Å²) in [4.78, 5) is 0. The van der Waals surface area contributed by atoms with Gasteiger partial charge in [-0.25, -0.2) is 4.39 Å². The van der Waals surface area contributed by atoms with Crippen LogP contribution in [-0.2, 0) is 0 Å². The van der Waals surface area contributed by atoms with Crippen molar-refractivity contribution in [2.75, 3.05) is 6.54 Å². The van der Waals surface area contributed by atoms with Crippen LogP contribution < -0.4 is 5.32 Å². The largest absolute Gasteiger partial charge is 0.306 e. The van der Waals surface area contributed by atoms with E-state index >= 15 is 0 Å². The summed E-state index contributed by atoms with van der Waals surface area (Å²) in [6.07, 6.45) is 0. The summed E-state index contributed by atoms with van der Waals surface area (Å²) in [5, 5.41) is 3.88. The van der Waals surface area contributed by atoms with Crippen molar-refractivity contribution in [3.63, 3.8) is 0 Å². The number of aryl methyl sites for hydroxylation is 2. The average molecular weight is 292 g/mol. The first-order valence-electron chi connectivity index (χ1n) is 6.78. The first-order valence-corrected chi connectivity index (χ1v) is 7.16. The lowest BCUT2D eigenvalue weighted by Gasteiger charge is -2.22. The van der Waals surface area contributed by atoms with E-state index in [0.29, 0.717) is 5.02 Å². The molecule has 0 aromatic heterocycles. The summed E-state index contributed by atoms with van der Waals surface area (Å²) < 4.78 is 13.2. The van der Waals surface area contributed by atoms with Crippen molar-refractivity contribution < 1.29 is 4.39 Å². The molecular formula is C17H19ClFN. The molecule has 0 heterocycles. The smallest absolute Gasteiger partial charge is 0.124 e. The number of hydrogen-bond acceptors (Lipinski definition) is 1. The third kappa shape index (κ3) is 3.20. The van der Waals surface area contributed by atoms with Gasteiger partial charge in [0.1, 0.15) is 5.82 Å². The van der Waals surface area contributed by atoms with Gasteiger partial charge in [0.25, 0.3) is 0 Å². The first kappa shape index (κ1) is 15.0. The van der Waals surface area contributed by atoms with Gasteiger partial charge in [-0.3, -0.25) is 0 Å². The molecule has 0 aliphatic rings. The molecule has 0 aliphatic carbocycles. The van der Waals surface area contributed by atoms with Gasteiger partial charge in [0.05, 0.1) is 6.04 Å². The Labute approximate surface area is 124 Å². The molecule has 0 aliphatic heterocycles. The Morgan fingerprint density at radius 3 is 2.40 bits per heavy atom. The van der Waals surface area contributed by atoms with Gasteiger partial charge in [-0.15, -0.1) is 0 Å². The summed E-state index contributed by atoms with van der Waals surface area (Å²) in [5.74, 6) is -0.311. The molecule has 0 amide bonds. The summed E-state index contributed by atoms with van der Waals surface area (Å²) in [7, 11) is 0. The van der Waals surface area contributed by atoms with Crippen molar-refractivity contribution in [2.45, 2.75) is 26.8 Å². The van der Waals surface area contributed by atoms with Gasteiger partial charge in [0.2, 0.25) is 0 Å². The normalized spacial score (nSPS) is 12.4. The standard InChI is InChI=1S/C17H19ClFN/c1-4-20-17(14-7-5-11(2)9-12(14)3)15-8-6-13(19)10-16(15)18/h5-10,17,20H,4H2,1-3H3. The van der Waals surface area contributed by atoms with Crippen molar-refractivity contribution in [1.29, 1.82) is 0 Å². The van der Waals surface area contributed by atoms with Gasteiger partial charge in [-0.05, 0) is 49.2 Å². The Hall–Kier alpha value is -1.38. The Balaban J connectivity index is 2.50. The zero-order chi connectivity index (χ0) is 14.7. The summed E-state index contributed by atoms with van der Waals surface area (Å²) in [5.41, 5.74) is 4.51. The van der Waals surface area contributed by atoms with Gasteiger partial charge in [-0.2, -0.15) is 0 Å². The highest BCUT2D eigenvalue weighted by Crippen LogP contribution is 2.31. The molecule has 2 aromatic carbocycles. The monoisotopic (exact) mass is 291 g/mol. The molecule has 0 saturated heterocycles. The van der Waals surface area contributed by atoms with Gasteiger partial charge < -0.3 is 5.32 Å². The third-order valence-electron chi connectivity index (χ3n) is 3.42. The molecule has 20 heavy (non-hydrogen) atoms. The predicted octanol–water partition coefficient (Wildman–Crippen LogP) is 4.79. The van der Waals surface area contributed by atoms with Crippen LogP contribution in [0.5, 0.6) is 0 Å². The fourth-order valence-corrected chi connectivity index (χ4v) is 2.75. The third-order valence-corrected chi connectivity index (χ3v) is 3.75. The average Bonchev–Trinajstić information content (AvgIpc) is 2.37. The highest BCUT2D eigenvalue weighted by Gasteiger charge is 2.18. The molecule has 1 unspecified atom stereocenters. The minimum Gasteiger partial charge on any atom is -0.306 e. The van der Waals surface area contributed by atoms with Crippen LogP contribution in [0.15, 0.2) is 36.4 Å². The van der Waals surface area contributed by atoms with Gasteiger partial charge in [0, 0.05) is 5.02 Å². The van der Waals surface area contributed by atoms with Crippen molar-refractivity contribution in [2.24, 2.45) is 0 Å². The number of nitrogens with one attached hydrogen (secondary N) is 1. The predicted molar refractivity (Wildman–Crippen MR) is 82.8 cm³/mol. The van der Waals surface area contributed by atoms with E-state index < -0.39 is 0 Å². The lowest BCUT2D eigenvalue weighted by molar-refractivity contribution is 0.612. The molecule has 0 radical (unpaired) electrons. The molecule has 1 nitrogen and oxygen atoms in total. The molecule has 1 atom stereocenters. The molecule has 0 fully saturated rings. The van der Waals surface area contributed by atoms with Crippen LogP contribution >= 0.6 is 11.6 Å². The van der Waals surface area contributed by atoms with E-state index in [-0.39, 0.29) is 11.9 Å². The van der Waals surface area contributed by atoms with Crippen LogP contribution in [0.3, 0.4) is 0 Å². The zero-order valence-electron chi connectivity index (χ0n) is 12.0. The Morgan fingerprint density at radius 2 is 1.80 bits per heavy atom. The molecule has 2 rings (SSSR count). The molecule has 2 aromatic rings. The number of rotatable bonds is 4. The summed E-state index contributed by atoms with van der Waals surface area (Å²) in [6, 6.07) is 10.9. The minimum absolute atomic E-state index is 0.0197. The molecule has 3 heteroatoms. The highest BCUT2D eigenvalue weighted by molar-refractivity contribution is 6.31. The van der Waals surface area contributed by atoms with E-state index in [1.807, 2.05) is 6.92 Å². The van der Waals surface area contributed by atoms with Crippen LogP contribution in [0.25, 0.3) is 0 Å². The maximum atomic E-state index is 13.2. The molecule has 106 valence electrons. The molecule has 0 saturated carbocycles. The van der Waals surface area contributed by atoms with Crippen LogP contribution in [0.1, 0.15) is 35.2 Å². The van der Waals surface area contributed by atoms with E-state index in [9.17, 15) is 4.39 Å². The second-order valence-corrected chi connectivity index (χ2v) is 5.42. The van der Waals surface area contributed by atoms with Gasteiger partial charge in [0.15, 0.2) is 0 Å². The van der Waals surface area contributed by atoms with E-state index in [2.05, 4.69) is 37.4 Å². The Bertz CT molecular complexity index is 558. The fraction of sp³-hybridized carbons (Fsp3) is 0.294. The quantitative estimate of drug-likeness (QED) is 0.853. The molecule has 0 spiro atoms. The lowest BCUT2D eigenvalue weighted by atomic mass is 9.93. The van der Waals surface area contributed by atoms with Crippen LogP contribution in [-0.4, -0.2) is 6.54 Å². The highest BCUT2D eigenvalue weighted by atomic mass is 35.5. The second kappa shape index (κ2) is 6.38. The van der Waals surface area contributed by atoms with E-state index in [1.165, 1.54) is 28.8 Å². The summed E-state index contributed by atoms with van der Waals surface area (Å²) >= 11 is 6.21. The SMILES string of the molecule is CCNC(c1ccc(C)cc1C)c1ccc(F)cc1Cl. The number of halogens is 2. The summed E-state index contributed by atoms with van der Waals surface area (Å²) in [6.45, 7) is 7.02. The van der Waals surface area contributed by atoms with Crippen LogP contribution in [0, 0.1) is 19.7 Å². The molecule has 1 N–H and O–H groups in total. The van der Waals surface area contributed by atoms with E-state index in [1.54, 1.807) is 6.07 Å². The van der Waals surface area contributed by atoms with Gasteiger partial charge >= 0.3 is 0 Å². The number of benzene rings is 2. The van der Waals surface area contributed by atoms with E-state index in [4.69, 9.17) is 11.6 Å².